The minimum atomic E-state index is -0.348. The summed E-state index contributed by atoms with van der Waals surface area (Å²) in [4.78, 5) is 18.5. The first-order valence-corrected chi connectivity index (χ1v) is 7.16. The number of pyridine rings is 1. The van der Waals surface area contributed by atoms with Crippen molar-refractivity contribution in [3.05, 3.63) is 54.0 Å². The zero-order chi connectivity index (χ0) is 15.5. The van der Waals surface area contributed by atoms with Crippen LogP contribution in [0.15, 0.2) is 42.6 Å². The van der Waals surface area contributed by atoms with Crippen molar-refractivity contribution in [2.75, 3.05) is 18.4 Å². The fourth-order valence-electron chi connectivity index (χ4n) is 2.52. The molecule has 0 saturated carbocycles. The molecule has 0 radical (unpaired) electrons. The Kier molecular flexibility index (Phi) is 4.02. The molecule has 2 aromatic rings. The molecule has 2 heterocycles. The van der Waals surface area contributed by atoms with Crippen molar-refractivity contribution >= 4 is 17.4 Å². The van der Waals surface area contributed by atoms with Gasteiger partial charge in [-0.15, -0.1) is 0 Å². The van der Waals surface area contributed by atoms with Crippen LogP contribution in [0.2, 0.25) is 0 Å². The maximum absolute atomic E-state index is 13.3. The number of nitrogens with zero attached hydrogens (tertiary/aromatic N) is 2. The largest absolute Gasteiger partial charge is 0.339 e. The molecule has 0 aliphatic carbocycles. The summed E-state index contributed by atoms with van der Waals surface area (Å²) in [5, 5.41) is 3.00. The van der Waals surface area contributed by atoms with Gasteiger partial charge in [-0.1, -0.05) is 6.07 Å². The second-order valence-electron chi connectivity index (χ2n) is 5.33. The SMILES string of the molecule is N[C@@H]1CCN(C(=O)c2cccnc2Nc2cccc(F)c2)C1. The number of nitrogens with two attached hydrogens (primary N) is 1. The van der Waals surface area contributed by atoms with Gasteiger partial charge >= 0.3 is 0 Å². The second-order valence-corrected chi connectivity index (χ2v) is 5.33. The lowest BCUT2D eigenvalue weighted by Gasteiger charge is -2.18. The maximum atomic E-state index is 13.3. The molecule has 1 aromatic heterocycles. The Bertz CT molecular complexity index is 691. The van der Waals surface area contributed by atoms with Crippen molar-refractivity contribution in [2.24, 2.45) is 5.73 Å². The van der Waals surface area contributed by atoms with Crippen LogP contribution in [0.25, 0.3) is 0 Å². The van der Waals surface area contributed by atoms with E-state index in [0.29, 0.717) is 30.2 Å². The van der Waals surface area contributed by atoms with Crippen LogP contribution in [0.5, 0.6) is 0 Å². The summed E-state index contributed by atoms with van der Waals surface area (Å²) in [6.07, 6.45) is 2.40. The molecule has 1 aromatic carbocycles. The van der Waals surface area contributed by atoms with E-state index in [1.165, 1.54) is 12.1 Å². The summed E-state index contributed by atoms with van der Waals surface area (Å²) in [6.45, 7) is 1.20. The Morgan fingerprint density at radius 2 is 2.23 bits per heavy atom. The van der Waals surface area contributed by atoms with Gasteiger partial charge in [-0.3, -0.25) is 4.79 Å². The van der Waals surface area contributed by atoms with Gasteiger partial charge in [0.05, 0.1) is 5.56 Å². The minimum absolute atomic E-state index is 0.0280. The summed E-state index contributed by atoms with van der Waals surface area (Å²) in [5.41, 5.74) is 6.86. The smallest absolute Gasteiger partial charge is 0.257 e. The molecule has 1 amide bonds. The monoisotopic (exact) mass is 300 g/mol. The van der Waals surface area contributed by atoms with Crippen molar-refractivity contribution in [2.45, 2.75) is 12.5 Å². The van der Waals surface area contributed by atoms with Crippen LogP contribution in [0.3, 0.4) is 0 Å². The number of anilines is 2. The van der Waals surface area contributed by atoms with Crippen LogP contribution in [-0.4, -0.2) is 34.9 Å². The summed E-state index contributed by atoms with van der Waals surface area (Å²) < 4.78 is 13.3. The molecule has 22 heavy (non-hydrogen) atoms. The first-order valence-electron chi connectivity index (χ1n) is 7.16. The molecule has 6 heteroatoms. The van der Waals surface area contributed by atoms with Gasteiger partial charge in [0.15, 0.2) is 0 Å². The summed E-state index contributed by atoms with van der Waals surface area (Å²) in [7, 11) is 0. The topological polar surface area (TPSA) is 71.2 Å². The number of halogens is 1. The molecular formula is C16H17FN4O. The number of likely N-dealkylation sites (tertiary alicyclic amines) is 1. The van der Waals surface area contributed by atoms with E-state index in [-0.39, 0.29) is 17.8 Å². The lowest BCUT2D eigenvalue weighted by molar-refractivity contribution is 0.0791. The van der Waals surface area contributed by atoms with E-state index in [2.05, 4.69) is 10.3 Å². The van der Waals surface area contributed by atoms with Gasteiger partial charge in [-0.05, 0) is 36.8 Å². The normalized spacial score (nSPS) is 17.5. The first kappa shape index (κ1) is 14.5. The predicted octanol–water partition coefficient (Wildman–Crippen LogP) is 2.14. The Hall–Kier alpha value is -2.47. The lowest BCUT2D eigenvalue weighted by Crippen LogP contribution is -2.32. The zero-order valence-electron chi connectivity index (χ0n) is 12.0. The molecule has 1 aliphatic heterocycles. The third-order valence-corrected chi connectivity index (χ3v) is 3.64. The maximum Gasteiger partial charge on any atom is 0.257 e. The highest BCUT2D eigenvalue weighted by Gasteiger charge is 2.26. The highest BCUT2D eigenvalue weighted by Crippen LogP contribution is 2.22. The molecule has 3 rings (SSSR count). The molecule has 1 saturated heterocycles. The van der Waals surface area contributed by atoms with Gasteiger partial charge in [0.1, 0.15) is 11.6 Å². The van der Waals surface area contributed by atoms with E-state index >= 15 is 0 Å². The number of aromatic nitrogens is 1. The second kappa shape index (κ2) is 6.11. The van der Waals surface area contributed by atoms with Crippen molar-refractivity contribution in [1.29, 1.82) is 0 Å². The molecule has 1 aliphatic rings. The van der Waals surface area contributed by atoms with Crippen LogP contribution >= 0.6 is 0 Å². The number of hydrogen-bond acceptors (Lipinski definition) is 4. The average molecular weight is 300 g/mol. The van der Waals surface area contributed by atoms with Crippen LogP contribution in [0, 0.1) is 5.82 Å². The van der Waals surface area contributed by atoms with Gasteiger partial charge < -0.3 is 16.0 Å². The van der Waals surface area contributed by atoms with E-state index in [1.807, 2.05) is 0 Å². The number of carbonyl (C=O) groups is 1. The number of nitrogens with one attached hydrogen (secondary N) is 1. The number of amides is 1. The molecule has 3 N–H and O–H groups in total. The fraction of sp³-hybridized carbons (Fsp3) is 0.250. The minimum Gasteiger partial charge on any atom is -0.339 e. The quantitative estimate of drug-likeness (QED) is 0.911. The van der Waals surface area contributed by atoms with Gasteiger partial charge in [0, 0.05) is 31.0 Å². The number of rotatable bonds is 3. The average Bonchev–Trinajstić information content (AvgIpc) is 2.94. The summed E-state index contributed by atoms with van der Waals surface area (Å²) in [5.74, 6) is -0.0437. The van der Waals surface area contributed by atoms with E-state index in [1.54, 1.807) is 35.4 Å². The zero-order valence-corrected chi connectivity index (χ0v) is 12.0. The van der Waals surface area contributed by atoms with Crippen LogP contribution in [0.4, 0.5) is 15.9 Å². The molecule has 1 atom stereocenters. The Morgan fingerprint density at radius 3 is 2.95 bits per heavy atom. The van der Waals surface area contributed by atoms with E-state index in [0.717, 1.165) is 6.42 Å². The molecule has 0 unspecified atom stereocenters. The van der Waals surface area contributed by atoms with Gasteiger partial charge in [0.25, 0.3) is 5.91 Å². The van der Waals surface area contributed by atoms with Crippen LogP contribution in [-0.2, 0) is 0 Å². The summed E-state index contributed by atoms with van der Waals surface area (Å²) in [6, 6.07) is 9.48. The van der Waals surface area contributed by atoms with Crippen LogP contribution < -0.4 is 11.1 Å². The van der Waals surface area contributed by atoms with Gasteiger partial charge in [-0.2, -0.15) is 0 Å². The third kappa shape index (κ3) is 3.07. The Labute approximate surface area is 128 Å². The highest BCUT2D eigenvalue weighted by molar-refractivity contribution is 5.99. The fourth-order valence-corrected chi connectivity index (χ4v) is 2.52. The standard InChI is InChI=1S/C16H17FN4O/c17-11-3-1-4-13(9-11)20-15-14(5-2-7-19-15)16(22)21-8-6-12(18)10-21/h1-5,7,9,12H,6,8,10,18H2,(H,19,20)/t12-/m1/s1. The molecule has 114 valence electrons. The molecule has 1 fully saturated rings. The first-order chi connectivity index (χ1) is 10.6. The van der Waals surface area contributed by atoms with Crippen molar-refractivity contribution < 1.29 is 9.18 Å². The molecule has 0 spiro atoms. The Balaban J connectivity index is 1.85. The van der Waals surface area contributed by atoms with Crippen molar-refractivity contribution in [3.8, 4) is 0 Å². The number of carbonyl (C=O) groups excluding carboxylic acids is 1. The van der Waals surface area contributed by atoms with E-state index in [4.69, 9.17) is 5.73 Å². The molecule has 5 nitrogen and oxygen atoms in total. The number of benzene rings is 1. The van der Waals surface area contributed by atoms with Crippen molar-refractivity contribution in [1.82, 2.24) is 9.88 Å². The molecule has 0 bridgehead atoms. The highest BCUT2D eigenvalue weighted by atomic mass is 19.1. The molecular weight excluding hydrogens is 283 g/mol. The lowest BCUT2D eigenvalue weighted by atomic mass is 10.2. The van der Waals surface area contributed by atoms with Crippen LogP contribution in [0.1, 0.15) is 16.8 Å². The predicted molar refractivity (Wildman–Crippen MR) is 82.4 cm³/mol. The van der Waals surface area contributed by atoms with E-state index in [9.17, 15) is 9.18 Å². The van der Waals surface area contributed by atoms with E-state index < -0.39 is 0 Å². The summed E-state index contributed by atoms with van der Waals surface area (Å²) >= 11 is 0. The van der Waals surface area contributed by atoms with Gasteiger partial charge in [-0.25, -0.2) is 9.37 Å². The number of hydrogen-bond donors (Lipinski definition) is 2. The Morgan fingerprint density at radius 1 is 1.36 bits per heavy atom. The van der Waals surface area contributed by atoms with Crippen molar-refractivity contribution in [3.63, 3.8) is 0 Å². The third-order valence-electron chi connectivity index (χ3n) is 3.64. The van der Waals surface area contributed by atoms with Gasteiger partial charge in [0.2, 0.25) is 0 Å².